The second-order valence-electron chi connectivity index (χ2n) is 6.10. The quantitative estimate of drug-likeness (QED) is 0.820. The van der Waals surface area contributed by atoms with Crippen molar-refractivity contribution in [2.75, 3.05) is 13.1 Å². The average Bonchev–Trinajstić information content (AvgIpc) is 2.18. The molecule has 0 spiro atoms. The van der Waals surface area contributed by atoms with Gasteiger partial charge in [-0.05, 0) is 24.7 Å². The third-order valence-electron chi connectivity index (χ3n) is 3.07. The summed E-state index contributed by atoms with van der Waals surface area (Å²) in [6.07, 6.45) is 3.11. The lowest BCUT2D eigenvalue weighted by molar-refractivity contribution is -0.145. The van der Waals surface area contributed by atoms with E-state index >= 15 is 0 Å². The minimum absolute atomic E-state index is 0.0259. The minimum atomic E-state index is -0.793. The van der Waals surface area contributed by atoms with Gasteiger partial charge in [0.2, 0.25) is 5.91 Å². The highest BCUT2D eigenvalue weighted by atomic mass is 16.4. The van der Waals surface area contributed by atoms with Crippen molar-refractivity contribution in [3.63, 3.8) is 0 Å². The average molecular weight is 241 g/mol. The summed E-state index contributed by atoms with van der Waals surface area (Å²) < 4.78 is 0. The standard InChI is InChI=1S/C13H23NO3/c1-13(2,3)8-10(12(16)17)9-14-7-5-4-6-11(14)15/h10H,4-9H2,1-3H3,(H,16,17). The Labute approximate surface area is 103 Å². The molecule has 1 N–H and O–H groups in total. The second-order valence-corrected chi connectivity index (χ2v) is 6.10. The Hall–Kier alpha value is -1.06. The van der Waals surface area contributed by atoms with Gasteiger partial charge in [-0.1, -0.05) is 20.8 Å². The van der Waals surface area contributed by atoms with Crippen molar-refractivity contribution >= 4 is 11.9 Å². The number of nitrogens with zero attached hydrogens (tertiary/aromatic N) is 1. The van der Waals surface area contributed by atoms with E-state index in [1.165, 1.54) is 0 Å². The molecular weight excluding hydrogens is 218 g/mol. The highest BCUT2D eigenvalue weighted by molar-refractivity contribution is 5.78. The highest BCUT2D eigenvalue weighted by Crippen LogP contribution is 2.26. The smallest absolute Gasteiger partial charge is 0.308 e. The van der Waals surface area contributed by atoms with Crippen molar-refractivity contribution < 1.29 is 14.7 Å². The molecule has 1 aliphatic rings. The van der Waals surface area contributed by atoms with Gasteiger partial charge in [0.25, 0.3) is 0 Å². The third-order valence-corrected chi connectivity index (χ3v) is 3.07. The van der Waals surface area contributed by atoms with Crippen molar-refractivity contribution in [2.45, 2.75) is 46.5 Å². The molecule has 98 valence electrons. The fraction of sp³-hybridized carbons (Fsp3) is 0.846. The van der Waals surface area contributed by atoms with Crippen LogP contribution >= 0.6 is 0 Å². The number of carbonyl (C=O) groups is 2. The van der Waals surface area contributed by atoms with Crippen LogP contribution in [0.3, 0.4) is 0 Å². The maximum Gasteiger partial charge on any atom is 0.308 e. The Balaban J connectivity index is 2.60. The van der Waals surface area contributed by atoms with E-state index < -0.39 is 11.9 Å². The summed E-state index contributed by atoms with van der Waals surface area (Å²) in [5, 5.41) is 9.22. The van der Waals surface area contributed by atoms with E-state index in [0.29, 0.717) is 25.9 Å². The molecule has 0 aromatic heterocycles. The van der Waals surface area contributed by atoms with Crippen LogP contribution in [0.4, 0.5) is 0 Å². The summed E-state index contributed by atoms with van der Waals surface area (Å²) in [5.74, 6) is -1.13. The predicted octanol–water partition coefficient (Wildman–Crippen LogP) is 2.14. The van der Waals surface area contributed by atoms with Crippen LogP contribution in [0.2, 0.25) is 0 Å². The molecule has 1 saturated heterocycles. The molecule has 0 aliphatic carbocycles. The Morgan fingerprint density at radius 3 is 2.53 bits per heavy atom. The molecule has 0 aromatic carbocycles. The summed E-state index contributed by atoms with van der Waals surface area (Å²) in [5.41, 5.74) is -0.0259. The van der Waals surface area contributed by atoms with Crippen LogP contribution in [0.15, 0.2) is 0 Å². The lowest BCUT2D eigenvalue weighted by atomic mass is 9.84. The zero-order chi connectivity index (χ0) is 13.1. The molecule has 1 heterocycles. The molecule has 1 rings (SSSR count). The summed E-state index contributed by atoms with van der Waals surface area (Å²) in [6, 6.07) is 0. The topological polar surface area (TPSA) is 57.6 Å². The molecule has 1 aliphatic heterocycles. The van der Waals surface area contributed by atoms with E-state index in [-0.39, 0.29) is 11.3 Å². The fourth-order valence-electron chi connectivity index (χ4n) is 2.29. The van der Waals surface area contributed by atoms with Crippen LogP contribution < -0.4 is 0 Å². The number of likely N-dealkylation sites (tertiary alicyclic amines) is 1. The lowest BCUT2D eigenvalue weighted by Gasteiger charge is -2.31. The molecule has 0 bridgehead atoms. The van der Waals surface area contributed by atoms with Gasteiger partial charge >= 0.3 is 5.97 Å². The second kappa shape index (κ2) is 5.52. The molecule has 1 atom stereocenters. The van der Waals surface area contributed by atoms with E-state index in [4.69, 9.17) is 0 Å². The number of aliphatic carboxylic acids is 1. The van der Waals surface area contributed by atoms with Crippen LogP contribution in [0.25, 0.3) is 0 Å². The number of carbonyl (C=O) groups excluding carboxylic acids is 1. The monoisotopic (exact) mass is 241 g/mol. The Morgan fingerprint density at radius 2 is 2.06 bits per heavy atom. The van der Waals surface area contributed by atoms with Crippen LogP contribution in [0.1, 0.15) is 46.5 Å². The molecule has 0 radical (unpaired) electrons. The third kappa shape index (κ3) is 4.75. The first-order valence-electron chi connectivity index (χ1n) is 6.30. The molecule has 4 nitrogen and oxygen atoms in total. The van der Waals surface area contributed by atoms with E-state index in [9.17, 15) is 14.7 Å². The number of carboxylic acids is 1. The molecule has 4 heteroatoms. The molecule has 1 fully saturated rings. The van der Waals surface area contributed by atoms with Crippen LogP contribution in [0, 0.1) is 11.3 Å². The SMILES string of the molecule is CC(C)(C)CC(CN1CCCCC1=O)C(=O)O. The first-order chi connectivity index (χ1) is 7.79. The summed E-state index contributed by atoms with van der Waals surface area (Å²) in [4.78, 5) is 24.6. The molecule has 0 saturated carbocycles. The van der Waals surface area contributed by atoms with E-state index in [2.05, 4.69) is 0 Å². The number of piperidine rings is 1. The predicted molar refractivity (Wildman–Crippen MR) is 65.6 cm³/mol. The highest BCUT2D eigenvalue weighted by Gasteiger charge is 2.29. The van der Waals surface area contributed by atoms with Crippen LogP contribution in [-0.2, 0) is 9.59 Å². The molecular formula is C13H23NO3. The van der Waals surface area contributed by atoms with Gasteiger partial charge in [0.15, 0.2) is 0 Å². The van der Waals surface area contributed by atoms with Crippen LogP contribution in [-0.4, -0.2) is 35.0 Å². The fourth-order valence-corrected chi connectivity index (χ4v) is 2.29. The number of carboxylic acid groups (broad SMARTS) is 1. The van der Waals surface area contributed by atoms with Crippen molar-refractivity contribution in [3.05, 3.63) is 0 Å². The maximum absolute atomic E-state index is 11.7. The first kappa shape index (κ1) is 14.0. The largest absolute Gasteiger partial charge is 0.481 e. The minimum Gasteiger partial charge on any atom is -0.481 e. The van der Waals surface area contributed by atoms with Gasteiger partial charge in [-0.2, -0.15) is 0 Å². The first-order valence-corrected chi connectivity index (χ1v) is 6.30. The molecule has 1 unspecified atom stereocenters. The summed E-state index contributed by atoms with van der Waals surface area (Å²) >= 11 is 0. The van der Waals surface area contributed by atoms with Gasteiger partial charge in [-0.15, -0.1) is 0 Å². The van der Waals surface area contributed by atoms with Crippen molar-refractivity contribution in [3.8, 4) is 0 Å². The molecule has 0 aromatic rings. The molecule has 1 amide bonds. The summed E-state index contributed by atoms with van der Waals surface area (Å²) in [7, 11) is 0. The zero-order valence-corrected chi connectivity index (χ0v) is 11.0. The lowest BCUT2D eigenvalue weighted by Crippen LogP contribution is -2.41. The van der Waals surface area contributed by atoms with Gasteiger partial charge in [-0.25, -0.2) is 0 Å². The van der Waals surface area contributed by atoms with Gasteiger partial charge < -0.3 is 10.0 Å². The van der Waals surface area contributed by atoms with E-state index in [1.54, 1.807) is 4.90 Å². The van der Waals surface area contributed by atoms with Gasteiger partial charge in [0.05, 0.1) is 5.92 Å². The van der Waals surface area contributed by atoms with E-state index in [1.807, 2.05) is 20.8 Å². The number of hydrogen-bond acceptors (Lipinski definition) is 2. The van der Waals surface area contributed by atoms with Gasteiger partial charge in [0.1, 0.15) is 0 Å². The maximum atomic E-state index is 11.7. The molecule has 17 heavy (non-hydrogen) atoms. The number of amides is 1. The number of hydrogen-bond donors (Lipinski definition) is 1. The Morgan fingerprint density at radius 1 is 1.41 bits per heavy atom. The van der Waals surface area contributed by atoms with Crippen molar-refractivity contribution in [1.82, 2.24) is 4.90 Å². The van der Waals surface area contributed by atoms with Gasteiger partial charge in [-0.3, -0.25) is 9.59 Å². The van der Waals surface area contributed by atoms with Crippen molar-refractivity contribution in [1.29, 1.82) is 0 Å². The zero-order valence-electron chi connectivity index (χ0n) is 11.0. The van der Waals surface area contributed by atoms with Crippen LogP contribution in [0.5, 0.6) is 0 Å². The van der Waals surface area contributed by atoms with Gasteiger partial charge in [0, 0.05) is 19.5 Å². The Bertz CT molecular complexity index is 294. The number of rotatable bonds is 4. The Kier molecular flexibility index (Phi) is 4.54. The summed E-state index contributed by atoms with van der Waals surface area (Å²) in [6.45, 7) is 7.17. The normalized spacial score (nSPS) is 19.2. The van der Waals surface area contributed by atoms with E-state index in [0.717, 1.165) is 12.8 Å². The van der Waals surface area contributed by atoms with Crippen molar-refractivity contribution in [2.24, 2.45) is 11.3 Å².